The van der Waals surface area contributed by atoms with E-state index in [0.29, 0.717) is 18.8 Å². The lowest BCUT2D eigenvalue weighted by molar-refractivity contribution is -0.134. The number of rotatable bonds is 3. The van der Waals surface area contributed by atoms with E-state index in [2.05, 4.69) is 34.3 Å². The molecular formula is C14H24O2. The number of carbonyl (C=O) groups is 1. The largest absolute Gasteiger partial charge is 0.498 e. The van der Waals surface area contributed by atoms with E-state index < -0.39 is 0 Å². The topological polar surface area (TPSA) is 26.3 Å². The average molecular weight is 224 g/mol. The van der Waals surface area contributed by atoms with E-state index in [-0.39, 0.29) is 22.5 Å². The second-order valence-electron chi connectivity index (χ2n) is 6.30. The Bertz CT molecular complexity index is 300. The van der Waals surface area contributed by atoms with Gasteiger partial charge in [-0.3, -0.25) is 4.79 Å². The summed E-state index contributed by atoms with van der Waals surface area (Å²) in [4.78, 5) is 12.2. The first-order chi connectivity index (χ1) is 7.19. The molecule has 1 unspecified atom stereocenters. The Morgan fingerprint density at radius 2 is 2.00 bits per heavy atom. The molecule has 0 aromatic heterocycles. The quantitative estimate of drug-likeness (QED) is 0.685. The van der Waals surface area contributed by atoms with Crippen molar-refractivity contribution in [3.05, 3.63) is 12.3 Å². The molecular weight excluding hydrogens is 200 g/mol. The number of Topliss-reactive ketones (excluding diaryl/α,β-unsaturated/α-hetero) is 1. The van der Waals surface area contributed by atoms with Gasteiger partial charge in [-0.15, -0.1) is 0 Å². The van der Waals surface area contributed by atoms with Crippen molar-refractivity contribution in [1.82, 2.24) is 0 Å². The maximum atomic E-state index is 12.2. The molecule has 0 spiro atoms. The van der Waals surface area contributed by atoms with Gasteiger partial charge in [0.1, 0.15) is 5.78 Å². The molecule has 0 aliphatic heterocycles. The van der Waals surface area contributed by atoms with E-state index in [1.54, 1.807) is 0 Å². The summed E-state index contributed by atoms with van der Waals surface area (Å²) < 4.78 is 5.44. The molecule has 1 aliphatic rings. The van der Waals surface area contributed by atoms with Crippen LogP contribution in [0.3, 0.4) is 0 Å². The summed E-state index contributed by atoms with van der Waals surface area (Å²) in [5.74, 6) is 0.785. The summed E-state index contributed by atoms with van der Waals surface area (Å²) in [7, 11) is 0. The monoisotopic (exact) mass is 224 g/mol. The molecule has 92 valence electrons. The van der Waals surface area contributed by atoms with Crippen LogP contribution in [0.2, 0.25) is 0 Å². The van der Waals surface area contributed by atoms with Crippen molar-refractivity contribution in [2.75, 3.05) is 6.61 Å². The van der Waals surface area contributed by atoms with Crippen molar-refractivity contribution in [3.63, 3.8) is 0 Å². The SMILES string of the molecule is C=C(OCC)C1C(=O)CC(C)(C)CC1(C)C. The van der Waals surface area contributed by atoms with Gasteiger partial charge in [0.15, 0.2) is 0 Å². The Morgan fingerprint density at radius 1 is 1.44 bits per heavy atom. The van der Waals surface area contributed by atoms with Gasteiger partial charge in [-0.1, -0.05) is 34.3 Å². The van der Waals surface area contributed by atoms with Crippen molar-refractivity contribution in [3.8, 4) is 0 Å². The van der Waals surface area contributed by atoms with E-state index in [4.69, 9.17) is 4.74 Å². The molecule has 1 aliphatic carbocycles. The van der Waals surface area contributed by atoms with Crippen LogP contribution in [0.25, 0.3) is 0 Å². The Balaban J connectivity index is 2.93. The molecule has 0 saturated heterocycles. The van der Waals surface area contributed by atoms with Crippen LogP contribution in [0.15, 0.2) is 12.3 Å². The summed E-state index contributed by atoms with van der Waals surface area (Å²) in [6.07, 6.45) is 1.66. The molecule has 0 aromatic carbocycles. The van der Waals surface area contributed by atoms with Crippen LogP contribution in [0.5, 0.6) is 0 Å². The first-order valence-corrected chi connectivity index (χ1v) is 6.04. The zero-order valence-corrected chi connectivity index (χ0v) is 11.2. The van der Waals surface area contributed by atoms with E-state index in [1.807, 2.05) is 6.92 Å². The van der Waals surface area contributed by atoms with E-state index >= 15 is 0 Å². The van der Waals surface area contributed by atoms with Crippen molar-refractivity contribution in [1.29, 1.82) is 0 Å². The maximum Gasteiger partial charge on any atom is 0.144 e. The second-order valence-corrected chi connectivity index (χ2v) is 6.30. The number of allylic oxidation sites excluding steroid dienone is 1. The van der Waals surface area contributed by atoms with Crippen molar-refractivity contribution in [2.45, 2.75) is 47.5 Å². The fourth-order valence-corrected chi connectivity index (χ4v) is 3.29. The van der Waals surface area contributed by atoms with Crippen LogP contribution in [0.4, 0.5) is 0 Å². The van der Waals surface area contributed by atoms with Crippen LogP contribution in [0, 0.1) is 16.7 Å². The molecule has 0 amide bonds. The summed E-state index contributed by atoms with van der Waals surface area (Å²) in [6.45, 7) is 15.0. The fourth-order valence-electron chi connectivity index (χ4n) is 3.29. The van der Waals surface area contributed by atoms with Crippen molar-refractivity contribution in [2.24, 2.45) is 16.7 Å². The predicted octanol–water partition coefficient (Wildman–Crippen LogP) is 3.57. The third kappa shape index (κ3) is 2.66. The third-order valence-electron chi connectivity index (χ3n) is 3.34. The highest BCUT2D eigenvalue weighted by molar-refractivity contribution is 5.85. The Morgan fingerprint density at radius 3 is 2.44 bits per heavy atom. The van der Waals surface area contributed by atoms with Crippen LogP contribution >= 0.6 is 0 Å². The summed E-state index contributed by atoms with van der Waals surface area (Å²) in [5.41, 5.74) is 0.0503. The summed E-state index contributed by atoms with van der Waals surface area (Å²) in [6, 6.07) is 0. The van der Waals surface area contributed by atoms with Crippen LogP contribution < -0.4 is 0 Å². The maximum absolute atomic E-state index is 12.2. The fraction of sp³-hybridized carbons (Fsp3) is 0.786. The molecule has 1 atom stereocenters. The lowest BCUT2D eigenvalue weighted by atomic mass is 9.59. The van der Waals surface area contributed by atoms with Crippen LogP contribution in [0.1, 0.15) is 47.5 Å². The molecule has 2 nitrogen and oxygen atoms in total. The summed E-state index contributed by atoms with van der Waals surface area (Å²) >= 11 is 0. The molecule has 1 rings (SSSR count). The molecule has 0 N–H and O–H groups in total. The highest BCUT2D eigenvalue weighted by Gasteiger charge is 2.47. The van der Waals surface area contributed by atoms with Crippen LogP contribution in [-0.4, -0.2) is 12.4 Å². The Hall–Kier alpha value is -0.790. The smallest absolute Gasteiger partial charge is 0.144 e. The Kier molecular flexibility index (Phi) is 3.51. The lowest BCUT2D eigenvalue weighted by Gasteiger charge is -2.45. The van der Waals surface area contributed by atoms with Gasteiger partial charge in [-0.2, -0.15) is 0 Å². The summed E-state index contributed by atoms with van der Waals surface area (Å²) in [5, 5.41) is 0. The van der Waals surface area contributed by atoms with Gasteiger partial charge < -0.3 is 4.74 Å². The van der Waals surface area contributed by atoms with Gasteiger partial charge in [-0.25, -0.2) is 0 Å². The molecule has 0 aromatic rings. The van der Waals surface area contributed by atoms with Gasteiger partial charge in [0.25, 0.3) is 0 Å². The molecule has 16 heavy (non-hydrogen) atoms. The first kappa shape index (κ1) is 13.3. The number of ketones is 1. The highest BCUT2D eigenvalue weighted by atomic mass is 16.5. The molecule has 0 bridgehead atoms. The standard InChI is InChI=1S/C14H24O2/c1-7-16-10(2)12-11(15)8-13(3,4)9-14(12,5)6/h12H,2,7-9H2,1,3-6H3. The average Bonchev–Trinajstić information content (AvgIpc) is 1.97. The highest BCUT2D eigenvalue weighted by Crippen LogP contribution is 2.49. The first-order valence-electron chi connectivity index (χ1n) is 6.04. The van der Waals surface area contributed by atoms with E-state index in [0.717, 1.165) is 6.42 Å². The number of ether oxygens (including phenoxy) is 1. The zero-order chi connectivity index (χ0) is 12.6. The normalized spacial score (nSPS) is 27.6. The van der Waals surface area contributed by atoms with Gasteiger partial charge >= 0.3 is 0 Å². The molecule has 0 radical (unpaired) electrons. The molecule has 1 fully saturated rings. The van der Waals surface area contributed by atoms with Crippen molar-refractivity contribution >= 4 is 5.78 Å². The molecule has 2 heteroatoms. The zero-order valence-electron chi connectivity index (χ0n) is 11.2. The Labute approximate surface area is 99.1 Å². The molecule has 1 saturated carbocycles. The molecule has 0 heterocycles. The van der Waals surface area contributed by atoms with E-state index in [1.165, 1.54) is 0 Å². The number of carbonyl (C=O) groups excluding carboxylic acids is 1. The van der Waals surface area contributed by atoms with E-state index in [9.17, 15) is 4.79 Å². The van der Waals surface area contributed by atoms with Crippen molar-refractivity contribution < 1.29 is 9.53 Å². The van der Waals surface area contributed by atoms with Gasteiger partial charge in [0, 0.05) is 6.42 Å². The lowest BCUT2D eigenvalue weighted by Crippen LogP contribution is -2.43. The second kappa shape index (κ2) is 4.23. The minimum Gasteiger partial charge on any atom is -0.498 e. The third-order valence-corrected chi connectivity index (χ3v) is 3.34. The van der Waals surface area contributed by atoms with Crippen LogP contribution in [-0.2, 0) is 9.53 Å². The minimum absolute atomic E-state index is 0.0505. The number of hydrogen-bond donors (Lipinski definition) is 0. The van der Waals surface area contributed by atoms with Gasteiger partial charge in [0.05, 0.1) is 18.3 Å². The van der Waals surface area contributed by atoms with Gasteiger partial charge in [0.2, 0.25) is 0 Å². The van der Waals surface area contributed by atoms with Gasteiger partial charge in [-0.05, 0) is 24.2 Å². The minimum atomic E-state index is -0.138. The number of hydrogen-bond acceptors (Lipinski definition) is 2. The predicted molar refractivity (Wildman–Crippen MR) is 66.1 cm³/mol.